The Morgan fingerprint density at radius 2 is 2.35 bits per heavy atom. The van der Waals surface area contributed by atoms with Crippen molar-refractivity contribution in [1.82, 2.24) is 4.98 Å². The second-order valence-corrected chi connectivity index (χ2v) is 6.14. The van der Waals surface area contributed by atoms with Gasteiger partial charge in [0.1, 0.15) is 5.52 Å². The number of thioether (sulfide) groups is 1. The standard InChI is InChI=1S/C12H17N3S2/c1-3-16-6-8(2)15-9-4-5-10-12(11(9)13)14-7-17-10/h4-5,7-8,15H,3,6,13H2,1-2H3. The fourth-order valence-corrected chi connectivity index (χ4v) is 3.04. The van der Waals surface area contributed by atoms with Crippen molar-refractivity contribution < 1.29 is 0 Å². The Kier molecular flexibility index (Phi) is 4.12. The molecule has 1 atom stereocenters. The van der Waals surface area contributed by atoms with E-state index < -0.39 is 0 Å². The molecule has 3 N–H and O–H groups in total. The fraction of sp³-hybridized carbons (Fsp3) is 0.417. The average Bonchev–Trinajstić information content (AvgIpc) is 2.79. The van der Waals surface area contributed by atoms with E-state index >= 15 is 0 Å². The Bertz CT molecular complexity index is 495. The van der Waals surface area contributed by atoms with E-state index in [0.29, 0.717) is 6.04 Å². The van der Waals surface area contributed by atoms with Crippen molar-refractivity contribution in [2.24, 2.45) is 0 Å². The molecule has 2 aromatic rings. The van der Waals surface area contributed by atoms with Crippen LogP contribution in [0, 0.1) is 0 Å². The molecule has 1 unspecified atom stereocenters. The topological polar surface area (TPSA) is 50.9 Å². The predicted molar refractivity (Wildman–Crippen MR) is 80.1 cm³/mol. The van der Waals surface area contributed by atoms with Gasteiger partial charge in [-0.3, -0.25) is 0 Å². The highest BCUT2D eigenvalue weighted by Gasteiger charge is 2.09. The Hall–Kier alpha value is -0.940. The van der Waals surface area contributed by atoms with E-state index in [9.17, 15) is 0 Å². The van der Waals surface area contributed by atoms with Gasteiger partial charge in [0, 0.05) is 11.8 Å². The number of rotatable bonds is 5. The number of nitrogens with one attached hydrogen (secondary N) is 1. The van der Waals surface area contributed by atoms with Crippen LogP contribution in [-0.4, -0.2) is 22.5 Å². The van der Waals surface area contributed by atoms with Crippen molar-refractivity contribution in [3.8, 4) is 0 Å². The van der Waals surface area contributed by atoms with Gasteiger partial charge in [-0.05, 0) is 24.8 Å². The van der Waals surface area contributed by atoms with Crippen molar-refractivity contribution in [2.45, 2.75) is 19.9 Å². The first-order valence-corrected chi connectivity index (χ1v) is 7.71. The molecule has 2 rings (SSSR count). The number of hydrogen-bond donors (Lipinski definition) is 2. The van der Waals surface area contributed by atoms with Gasteiger partial charge in [-0.25, -0.2) is 4.98 Å². The normalized spacial score (nSPS) is 12.8. The van der Waals surface area contributed by atoms with Gasteiger partial charge in [-0.1, -0.05) is 6.92 Å². The van der Waals surface area contributed by atoms with Crippen molar-refractivity contribution >= 4 is 44.7 Å². The van der Waals surface area contributed by atoms with Crippen molar-refractivity contribution in [3.05, 3.63) is 17.6 Å². The van der Waals surface area contributed by atoms with Crippen LogP contribution in [0.5, 0.6) is 0 Å². The van der Waals surface area contributed by atoms with E-state index in [-0.39, 0.29) is 0 Å². The lowest BCUT2D eigenvalue weighted by Crippen LogP contribution is -2.18. The van der Waals surface area contributed by atoms with Crippen LogP contribution in [0.25, 0.3) is 10.2 Å². The zero-order valence-electron chi connectivity index (χ0n) is 10.1. The molecule has 0 radical (unpaired) electrons. The minimum atomic E-state index is 0.415. The molecule has 0 fully saturated rings. The van der Waals surface area contributed by atoms with Crippen LogP contribution < -0.4 is 11.1 Å². The maximum atomic E-state index is 6.12. The van der Waals surface area contributed by atoms with Crippen LogP contribution in [-0.2, 0) is 0 Å². The zero-order chi connectivity index (χ0) is 12.3. The van der Waals surface area contributed by atoms with E-state index in [1.54, 1.807) is 11.3 Å². The lowest BCUT2D eigenvalue weighted by molar-refractivity contribution is 0.914. The Balaban J connectivity index is 2.15. The Morgan fingerprint density at radius 3 is 3.12 bits per heavy atom. The number of nitrogens with two attached hydrogens (primary N) is 1. The molecule has 1 aromatic heterocycles. The molecule has 5 heteroatoms. The highest BCUT2D eigenvalue weighted by atomic mass is 32.2. The van der Waals surface area contributed by atoms with Gasteiger partial charge in [0.15, 0.2) is 0 Å². The lowest BCUT2D eigenvalue weighted by Gasteiger charge is -2.16. The zero-order valence-corrected chi connectivity index (χ0v) is 11.7. The van der Waals surface area contributed by atoms with Crippen LogP contribution >= 0.6 is 23.1 Å². The fourth-order valence-electron chi connectivity index (χ4n) is 1.68. The molecule has 0 bridgehead atoms. The van der Waals surface area contributed by atoms with Crippen LogP contribution in [0.15, 0.2) is 17.6 Å². The van der Waals surface area contributed by atoms with E-state index in [4.69, 9.17) is 5.73 Å². The molecule has 0 spiro atoms. The molecular formula is C12H17N3S2. The summed E-state index contributed by atoms with van der Waals surface area (Å²) in [5, 5.41) is 3.45. The van der Waals surface area contributed by atoms with Crippen LogP contribution in [0.2, 0.25) is 0 Å². The molecule has 0 aliphatic rings. The number of fused-ring (bicyclic) bond motifs is 1. The summed E-state index contributed by atoms with van der Waals surface area (Å²) in [6, 6.07) is 4.53. The first-order chi connectivity index (χ1) is 8.22. The number of anilines is 2. The van der Waals surface area contributed by atoms with Gasteiger partial charge in [-0.15, -0.1) is 11.3 Å². The van der Waals surface area contributed by atoms with E-state index in [2.05, 4.69) is 30.2 Å². The molecule has 0 saturated heterocycles. The summed E-state index contributed by atoms with van der Waals surface area (Å²) in [5.41, 5.74) is 10.6. The maximum absolute atomic E-state index is 6.12. The minimum absolute atomic E-state index is 0.415. The quantitative estimate of drug-likeness (QED) is 0.815. The third-order valence-electron chi connectivity index (χ3n) is 2.52. The van der Waals surface area contributed by atoms with Gasteiger partial charge in [0.25, 0.3) is 0 Å². The first kappa shape index (κ1) is 12.5. The summed E-state index contributed by atoms with van der Waals surface area (Å²) in [6.45, 7) is 4.35. The Labute approximate surface area is 110 Å². The average molecular weight is 267 g/mol. The number of thiazole rings is 1. The molecule has 92 valence electrons. The number of aromatic nitrogens is 1. The van der Waals surface area contributed by atoms with Gasteiger partial charge in [0.2, 0.25) is 0 Å². The second kappa shape index (κ2) is 5.60. The molecule has 0 saturated carbocycles. The number of nitrogens with zero attached hydrogens (tertiary/aromatic N) is 1. The summed E-state index contributed by atoms with van der Waals surface area (Å²) in [5.74, 6) is 2.23. The van der Waals surface area contributed by atoms with E-state index in [1.165, 1.54) is 0 Å². The smallest absolute Gasteiger partial charge is 0.106 e. The van der Waals surface area contributed by atoms with E-state index in [1.807, 2.05) is 23.3 Å². The largest absolute Gasteiger partial charge is 0.395 e. The Morgan fingerprint density at radius 1 is 1.53 bits per heavy atom. The van der Waals surface area contributed by atoms with E-state index in [0.717, 1.165) is 33.1 Å². The van der Waals surface area contributed by atoms with Crippen LogP contribution in [0.1, 0.15) is 13.8 Å². The minimum Gasteiger partial charge on any atom is -0.395 e. The van der Waals surface area contributed by atoms with Crippen molar-refractivity contribution in [3.63, 3.8) is 0 Å². The lowest BCUT2D eigenvalue weighted by atomic mass is 10.2. The molecular weight excluding hydrogens is 250 g/mol. The predicted octanol–water partition coefficient (Wildman–Crippen LogP) is 3.43. The van der Waals surface area contributed by atoms with Gasteiger partial charge >= 0.3 is 0 Å². The van der Waals surface area contributed by atoms with Gasteiger partial charge in [-0.2, -0.15) is 11.8 Å². The van der Waals surface area contributed by atoms with Gasteiger partial charge < -0.3 is 11.1 Å². The molecule has 0 aliphatic carbocycles. The number of hydrogen-bond acceptors (Lipinski definition) is 5. The third kappa shape index (κ3) is 2.84. The maximum Gasteiger partial charge on any atom is 0.106 e. The molecule has 0 amide bonds. The third-order valence-corrected chi connectivity index (χ3v) is 4.45. The summed E-state index contributed by atoms with van der Waals surface area (Å²) in [7, 11) is 0. The van der Waals surface area contributed by atoms with Crippen LogP contribution in [0.4, 0.5) is 11.4 Å². The summed E-state index contributed by atoms with van der Waals surface area (Å²) >= 11 is 3.55. The molecule has 0 aliphatic heterocycles. The number of nitrogen functional groups attached to an aromatic ring is 1. The molecule has 1 heterocycles. The highest BCUT2D eigenvalue weighted by molar-refractivity contribution is 7.99. The monoisotopic (exact) mass is 267 g/mol. The first-order valence-electron chi connectivity index (χ1n) is 5.68. The summed E-state index contributed by atoms with van der Waals surface area (Å²) in [4.78, 5) is 4.30. The van der Waals surface area contributed by atoms with Crippen molar-refractivity contribution in [1.29, 1.82) is 0 Å². The molecule has 3 nitrogen and oxygen atoms in total. The molecule has 17 heavy (non-hydrogen) atoms. The SMILES string of the molecule is CCSCC(C)Nc1ccc2scnc2c1N. The van der Waals surface area contributed by atoms with Gasteiger partial charge in [0.05, 0.1) is 21.6 Å². The molecule has 1 aromatic carbocycles. The number of benzene rings is 1. The highest BCUT2D eigenvalue weighted by Crippen LogP contribution is 2.30. The summed E-state index contributed by atoms with van der Waals surface area (Å²) < 4.78 is 1.14. The van der Waals surface area contributed by atoms with Crippen LogP contribution in [0.3, 0.4) is 0 Å². The second-order valence-electron chi connectivity index (χ2n) is 3.93. The summed E-state index contributed by atoms with van der Waals surface area (Å²) in [6.07, 6.45) is 0. The van der Waals surface area contributed by atoms with Crippen molar-refractivity contribution in [2.75, 3.05) is 22.6 Å².